The van der Waals surface area contributed by atoms with Gasteiger partial charge in [0.15, 0.2) is 0 Å². The Kier molecular flexibility index (Phi) is 6.70. The largest absolute Gasteiger partial charge is 0.478 e. The minimum absolute atomic E-state index is 0.00285. The summed E-state index contributed by atoms with van der Waals surface area (Å²) in [6, 6.07) is 4.16. The van der Waals surface area contributed by atoms with Crippen LogP contribution in [0, 0.1) is 5.92 Å². The minimum Gasteiger partial charge on any atom is -0.478 e. The van der Waals surface area contributed by atoms with Crippen molar-refractivity contribution in [2.24, 2.45) is 16.6 Å². The van der Waals surface area contributed by atoms with Crippen LogP contribution in [0.3, 0.4) is 0 Å². The zero-order valence-electron chi connectivity index (χ0n) is 20.9. The van der Waals surface area contributed by atoms with Gasteiger partial charge in [0.2, 0.25) is 0 Å². The summed E-state index contributed by atoms with van der Waals surface area (Å²) < 4.78 is 0. The Bertz CT molecular complexity index is 1510. The summed E-state index contributed by atoms with van der Waals surface area (Å²) in [4.78, 5) is 58.9. The number of hydrogen-bond donors (Lipinski definition) is 4. The SMILES string of the molecule is CC1CCC(NC(=O)c2cc(C(=O)O)c(C(N)=NC3CCCCC3)c3c4ccc(c(=O)[nH]c4=O)c23)CC1. The first kappa shape index (κ1) is 24.9. The molecule has 2 fully saturated rings. The number of amidine groups is 1. The molecule has 2 aliphatic carbocycles. The van der Waals surface area contributed by atoms with Gasteiger partial charge in [-0.2, -0.15) is 0 Å². The summed E-state index contributed by atoms with van der Waals surface area (Å²) in [6.45, 7) is 2.18. The first-order valence-electron chi connectivity index (χ1n) is 13.1. The minimum atomic E-state index is -1.29. The van der Waals surface area contributed by atoms with Crippen LogP contribution in [-0.2, 0) is 0 Å². The highest BCUT2D eigenvalue weighted by Gasteiger charge is 2.28. The van der Waals surface area contributed by atoms with Gasteiger partial charge in [-0.25, -0.2) is 4.79 Å². The molecule has 2 bridgehead atoms. The fourth-order valence-corrected chi connectivity index (χ4v) is 5.93. The number of benzene rings is 2. The van der Waals surface area contributed by atoms with Crippen molar-refractivity contribution < 1.29 is 14.7 Å². The van der Waals surface area contributed by atoms with E-state index in [1.807, 2.05) is 0 Å². The Morgan fingerprint density at radius 2 is 1.57 bits per heavy atom. The number of carbonyl (C=O) groups excluding carboxylic acids is 1. The van der Waals surface area contributed by atoms with Crippen LogP contribution in [0.5, 0.6) is 0 Å². The molecular formula is C28H32N4O5. The molecule has 2 aromatic heterocycles. The Hall–Kier alpha value is -3.75. The molecule has 2 heterocycles. The molecule has 2 saturated carbocycles. The topological polar surface area (TPSA) is 155 Å². The monoisotopic (exact) mass is 504 g/mol. The standard InChI is InChI=1S/C28H32N4O5/c1-14-7-9-16(10-8-14)31-27(35)19-13-20(28(36)37)23(24(29)30-15-5-3-2-4-6-15)22-18-12-11-17(21(19)22)25(33)32-26(18)34/h11-16H,2-10H2,1H3,(H2,29,30)(H,31,35)(H,36,37)(H,32,33,34). The van der Waals surface area contributed by atoms with Gasteiger partial charge in [-0.15, -0.1) is 0 Å². The molecule has 4 aromatic rings. The second kappa shape index (κ2) is 9.95. The van der Waals surface area contributed by atoms with Crippen LogP contribution < -0.4 is 22.2 Å². The molecular weight excluding hydrogens is 472 g/mol. The molecule has 5 N–H and O–H groups in total. The normalized spacial score (nSPS) is 21.4. The molecule has 194 valence electrons. The highest BCUT2D eigenvalue weighted by atomic mass is 16.4. The number of aliphatic imine (C=N–C) groups is 1. The molecule has 0 atom stereocenters. The number of nitrogens with zero attached hydrogens (tertiary/aromatic N) is 1. The number of hydrogen-bond acceptors (Lipinski definition) is 5. The number of carboxylic acid groups (broad SMARTS) is 1. The predicted octanol–water partition coefficient (Wildman–Crippen LogP) is 3.52. The van der Waals surface area contributed by atoms with E-state index < -0.39 is 23.0 Å². The van der Waals surface area contributed by atoms with Gasteiger partial charge in [0.05, 0.1) is 11.6 Å². The lowest BCUT2D eigenvalue weighted by Crippen LogP contribution is -2.37. The van der Waals surface area contributed by atoms with Crippen molar-refractivity contribution >= 4 is 39.3 Å². The van der Waals surface area contributed by atoms with Crippen LogP contribution >= 0.6 is 0 Å². The van der Waals surface area contributed by atoms with Gasteiger partial charge in [-0.05, 0) is 62.6 Å². The van der Waals surface area contributed by atoms with Gasteiger partial charge in [-0.1, -0.05) is 26.2 Å². The summed E-state index contributed by atoms with van der Waals surface area (Å²) in [6.07, 6.45) is 8.47. The third kappa shape index (κ3) is 4.70. The molecule has 0 radical (unpaired) electrons. The molecule has 0 spiro atoms. The molecule has 0 aliphatic heterocycles. The molecule has 6 rings (SSSR count). The third-order valence-corrected chi connectivity index (χ3v) is 7.98. The number of carboxylic acids is 1. The van der Waals surface area contributed by atoms with E-state index >= 15 is 0 Å². The summed E-state index contributed by atoms with van der Waals surface area (Å²) in [7, 11) is 0. The quantitative estimate of drug-likeness (QED) is 0.308. The summed E-state index contributed by atoms with van der Waals surface area (Å²) in [5.74, 6) is -1.16. The van der Waals surface area contributed by atoms with Crippen LogP contribution in [-0.4, -0.2) is 39.9 Å². The van der Waals surface area contributed by atoms with E-state index in [2.05, 4.69) is 22.2 Å². The van der Waals surface area contributed by atoms with E-state index in [1.165, 1.54) is 18.2 Å². The van der Waals surface area contributed by atoms with Crippen LogP contribution in [0.25, 0.3) is 21.5 Å². The lowest BCUT2D eigenvalue weighted by atomic mass is 9.86. The summed E-state index contributed by atoms with van der Waals surface area (Å²) in [5, 5.41) is 13.8. The molecule has 1 amide bonds. The van der Waals surface area contributed by atoms with Crippen LogP contribution in [0.4, 0.5) is 0 Å². The van der Waals surface area contributed by atoms with Crippen LogP contribution in [0.15, 0.2) is 32.8 Å². The van der Waals surface area contributed by atoms with Gasteiger partial charge in [0, 0.05) is 38.7 Å². The number of nitrogens with one attached hydrogen (secondary N) is 2. The van der Waals surface area contributed by atoms with E-state index in [1.54, 1.807) is 0 Å². The zero-order valence-corrected chi connectivity index (χ0v) is 20.9. The first-order valence-corrected chi connectivity index (χ1v) is 13.1. The third-order valence-electron chi connectivity index (χ3n) is 7.98. The summed E-state index contributed by atoms with van der Waals surface area (Å²) in [5.41, 5.74) is 5.06. The van der Waals surface area contributed by atoms with E-state index in [4.69, 9.17) is 5.73 Å². The van der Waals surface area contributed by atoms with Crippen molar-refractivity contribution in [1.29, 1.82) is 0 Å². The average molecular weight is 505 g/mol. The Morgan fingerprint density at radius 1 is 0.946 bits per heavy atom. The summed E-state index contributed by atoms with van der Waals surface area (Å²) >= 11 is 0. The number of carbonyl (C=O) groups is 2. The van der Waals surface area contributed by atoms with Crippen LogP contribution in [0.1, 0.15) is 91.0 Å². The smallest absolute Gasteiger partial charge is 0.336 e. The highest BCUT2D eigenvalue weighted by molar-refractivity contribution is 6.27. The maximum atomic E-state index is 13.6. The number of aromatic nitrogens is 1. The predicted molar refractivity (Wildman–Crippen MR) is 143 cm³/mol. The fourth-order valence-electron chi connectivity index (χ4n) is 5.93. The number of H-pyrrole nitrogens is 1. The highest BCUT2D eigenvalue weighted by Crippen LogP contribution is 2.33. The number of amides is 1. The molecule has 9 nitrogen and oxygen atoms in total. The van der Waals surface area contributed by atoms with Gasteiger partial charge in [0.25, 0.3) is 17.0 Å². The van der Waals surface area contributed by atoms with E-state index in [9.17, 15) is 24.3 Å². The van der Waals surface area contributed by atoms with Gasteiger partial charge in [-0.3, -0.25) is 24.4 Å². The second-order valence-corrected chi connectivity index (χ2v) is 10.6. The van der Waals surface area contributed by atoms with Crippen LogP contribution in [0.2, 0.25) is 0 Å². The van der Waals surface area contributed by atoms with Crippen molar-refractivity contribution in [2.45, 2.75) is 76.8 Å². The molecule has 9 heteroatoms. The number of fused-ring (bicyclic) bond motifs is 3. The molecule has 2 aliphatic rings. The first-order chi connectivity index (χ1) is 17.7. The van der Waals surface area contributed by atoms with Crippen molar-refractivity contribution in [1.82, 2.24) is 10.3 Å². The Morgan fingerprint density at radius 3 is 2.19 bits per heavy atom. The van der Waals surface area contributed by atoms with Gasteiger partial charge >= 0.3 is 5.97 Å². The van der Waals surface area contributed by atoms with Crippen molar-refractivity contribution in [3.8, 4) is 0 Å². The number of nitrogens with two attached hydrogens (primary N) is 1. The average Bonchev–Trinajstić information content (AvgIpc) is 3.08. The zero-order chi connectivity index (χ0) is 26.3. The Balaban J connectivity index is 1.76. The van der Waals surface area contributed by atoms with Gasteiger partial charge in [0.1, 0.15) is 5.84 Å². The van der Waals surface area contributed by atoms with E-state index in [0.717, 1.165) is 57.8 Å². The van der Waals surface area contributed by atoms with E-state index in [-0.39, 0.29) is 56.2 Å². The lowest BCUT2D eigenvalue weighted by Gasteiger charge is -2.27. The van der Waals surface area contributed by atoms with Crippen molar-refractivity contribution in [3.05, 3.63) is 55.6 Å². The Labute approximate surface area is 213 Å². The number of aromatic carboxylic acids is 1. The number of rotatable bonds is 5. The maximum Gasteiger partial charge on any atom is 0.336 e. The molecule has 0 unspecified atom stereocenters. The van der Waals surface area contributed by atoms with Gasteiger partial charge < -0.3 is 16.2 Å². The van der Waals surface area contributed by atoms with Crippen molar-refractivity contribution in [3.63, 3.8) is 0 Å². The molecule has 37 heavy (non-hydrogen) atoms. The fraction of sp³-hybridized carbons (Fsp3) is 0.464. The lowest BCUT2D eigenvalue weighted by molar-refractivity contribution is 0.0697. The molecule has 0 saturated heterocycles. The second-order valence-electron chi connectivity index (χ2n) is 10.6. The maximum absolute atomic E-state index is 13.6. The number of aromatic amines is 1. The van der Waals surface area contributed by atoms with Crippen molar-refractivity contribution in [2.75, 3.05) is 0 Å². The molecule has 2 aromatic carbocycles. The van der Waals surface area contributed by atoms with E-state index in [0.29, 0.717) is 5.92 Å².